The van der Waals surface area contributed by atoms with Crippen molar-refractivity contribution in [3.05, 3.63) is 0 Å². The van der Waals surface area contributed by atoms with Gasteiger partial charge in [-0.1, -0.05) is 6.92 Å². The lowest BCUT2D eigenvalue weighted by atomic mass is 9.77. The summed E-state index contributed by atoms with van der Waals surface area (Å²) in [7, 11) is 2.95. The van der Waals surface area contributed by atoms with Crippen LogP contribution in [0.4, 0.5) is 0 Å². The SMILES string of the molecule is CC[C@H]1C2OC1(CO)O[C@H](COC[C@H]1C3OC1(CO)O[C@H](COC[C@H]1C4OC1(CO[C@H]1OC5(CO)OC([C@@H]1O)[C@@H]5COC[C@H]1OC5(CO)OC([C@@H]1O)[C@@H]5COC)O[C@H](COC[C@H]1C5OC1(CO)O[C@H](COC[C@H]1C6OC1(CO)O[C@H](COC)[C@H]6O)[C@H]5O)[C@H]4O)[C@H]3O)[C@H]2O. The fourth-order valence-corrected chi connectivity index (χ4v) is 16.9. The second-order valence-electron chi connectivity index (χ2n) is 27.1. The van der Waals surface area contributed by atoms with E-state index in [1.807, 2.05) is 6.92 Å². The summed E-state index contributed by atoms with van der Waals surface area (Å²) in [6, 6.07) is 0. The summed E-state index contributed by atoms with van der Waals surface area (Å²) in [4.78, 5) is 0. The van der Waals surface area contributed by atoms with Crippen molar-refractivity contribution in [3.8, 4) is 0 Å². The number of rotatable bonds is 34. The van der Waals surface area contributed by atoms with Crippen LogP contribution in [0.5, 0.6) is 0 Å². The van der Waals surface area contributed by atoms with Crippen molar-refractivity contribution < 1.29 is 171 Å². The topological polar surface area (TPSA) is 466 Å². The van der Waals surface area contributed by atoms with Gasteiger partial charge in [-0.05, 0) is 6.42 Å². The van der Waals surface area contributed by atoms with Crippen molar-refractivity contribution in [1.29, 1.82) is 0 Å². The molecule has 20 fully saturated rings. The normalized spacial score (nSPS) is 54.7. The molecule has 14 unspecified atom stereocenters. The van der Waals surface area contributed by atoms with Crippen molar-refractivity contribution in [2.45, 2.75) is 182 Å². The minimum Gasteiger partial charge on any atom is -0.391 e. The maximum Gasteiger partial charge on any atom is 0.202 e. The summed E-state index contributed by atoms with van der Waals surface area (Å²) >= 11 is 0. The van der Waals surface area contributed by atoms with Crippen LogP contribution in [-0.2, 0) is 104 Å². The van der Waals surface area contributed by atoms with Crippen molar-refractivity contribution in [2.24, 2.45) is 41.4 Å². The first-order valence-corrected chi connectivity index (χ1v) is 32.2. The van der Waals surface area contributed by atoms with Gasteiger partial charge in [0.15, 0.2) is 35.2 Å². The Balaban J connectivity index is 0.596. The van der Waals surface area contributed by atoms with Gasteiger partial charge in [-0.2, -0.15) is 0 Å². The van der Waals surface area contributed by atoms with E-state index in [9.17, 15) is 66.4 Å². The van der Waals surface area contributed by atoms with Crippen LogP contribution in [0.15, 0.2) is 0 Å². The van der Waals surface area contributed by atoms with Gasteiger partial charge >= 0.3 is 0 Å². The van der Waals surface area contributed by atoms with Crippen LogP contribution >= 0.6 is 0 Å². The summed E-state index contributed by atoms with van der Waals surface area (Å²) < 4.78 is 131. The van der Waals surface area contributed by atoms with E-state index in [4.69, 9.17) is 104 Å². The van der Waals surface area contributed by atoms with Crippen LogP contribution in [0.3, 0.4) is 0 Å². The number of fused-ring (bicyclic) bond motifs is 14. The molecule has 0 saturated carbocycles. The van der Waals surface area contributed by atoms with Gasteiger partial charge in [-0.3, -0.25) is 0 Å². The summed E-state index contributed by atoms with van der Waals surface area (Å²) in [6.45, 7) is -3.08. The highest BCUT2D eigenvalue weighted by Crippen LogP contribution is 2.56. The molecule has 0 aromatic heterocycles. The minimum absolute atomic E-state index is 0.0328. The van der Waals surface area contributed by atoms with Gasteiger partial charge in [-0.15, -0.1) is 0 Å². The fraction of sp³-hybridized carbons (Fsp3) is 1.00. The number of ether oxygens (including phenoxy) is 22. The highest BCUT2D eigenvalue weighted by Gasteiger charge is 2.73. The second kappa shape index (κ2) is 26.2. The van der Waals surface area contributed by atoms with Gasteiger partial charge in [0, 0.05) is 20.1 Å². The molecule has 20 aliphatic heterocycles. The van der Waals surface area contributed by atoms with E-state index in [0.717, 1.165) is 0 Å². The van der Waals surface area contributed by atoms with Gasteiger partial charge < -0.3 is 171 Å². The molecule has 0 spiro atoms. The largest absolute Gasteiger partial charge is 0.391 e. The minimum atomic E-state index is -1.73. The Morgan fingerprint density at radius 1 is 0.269 bits per heavy atom. The van der Waals surface area contributed by atoms with Crippen LogP contribution in [0.2, 0.25) is 0 Å². The smallest absolute Gasteiger partial charge is 0.202 e. The lowest BCUT2D eigenvalue weighted by Crippen LogP contribution is -2.79. The Morgan fingerprint density at radius 2 is 0.505 bits per heavy atom. The van der Waals surface area contributed by atoms with Gasteiger partial charge in [0.2, 0.25) is 11.6 Å². The third-order valence-corrected chi connectivity index (χ3v) is 22.2. The van der Waals surface area contributed by atoms with Crippen molar-refractivity contribution >= 4 is 0 Å². The summed E-state index contributed by atoms with van der Waals surface area (Å²) in [5, 5.41) is 142. The zero-order valence-corrected chi connectivity index (χ0v) is 51.6. The average Bonchev–Trinajstić information content (AvgIpc) is 0.739. The van der Waals surface area contributed by atoms with E-state index in [0.29, 0.717) is 6.42 Å². The molecule has 35 atom stereocenters. The van der Waals surface area contributed by atoms with Crippen LogP contribution < -0.4 is 0 Å². The van der Waals surface area contributed by atoms with E-state index in [1.165, 1.54) is 14.2 Å². The van der Waals surface area contributed by atoms with E-state index < -0.39 is 251 Å². The zero-order valence-electron chi connectivity index (χ0n) is 51.6. The standard InChI is InChI=1S/C58H90O35/c1-4-24-44-38(66)32(81-52(24,17-59)86-44)12-74-7-27-47-41(69)35(84-55(27,20-62)89-47)15-78-10-30-49-42(70)36(16-76-8-28-48-40(68)34(83-56(28,21-63)90-48)14-75-6-26-46-37(65)31(11-73-3)80-54(26,19-61)88-46)85-58(30,92-49)23-79-51-43(71)50-29(57(22-64,91-50)93-51)9-77-13-33-39(67)45-25(5-72-2)53(18-60,82-33)87-45/h24-51,59-71H,4-23H2,1-3H3/t24-,25-,26-,27-,28-,29-,30-,31+,32+,33+,34+,35+,36+,37+,38+,39+,40+,41+,42+,43-,44?,45?,46?,47?,48?,49?,50?,51-,52?,53?,54?,55?,56?,57?,58?/m0/s1. The van der Waals surface area contributed by atoms with Crippen molar-refractivity contribution in [3.63, 3.8) is 0 Å². The quantitative estimate of drug-likeness (QED) is 0.0285. The molecule has 20 aliphatic rings. The van der Waals surface area contributed by atoms with Crippen LogP contribution in [0, 0.1) is 41.4 Å². The number of methoxy groups -OCH3 is 2. The van der Waals surface area contributed by atoms with Crippen LogP contribution in [0.25, 0.3) is 0 Å². The highest BCUT2D eigenvalue weighted by molar-refractivity contribution is 5.13. The fourth-order valence-electron chi connectivity index (χ4n) is 16.9. The molecule has 20 rings (SSSR count). The van der Waals surface area contributed by atoms with Gasteiger partial charge in [0.25, 0.3) is 0 Å². The molecule has 93 heavy (non-hydrogen) atoms. The zero-order chi connectivity index (χ0) is 65.4. The number of hydrogen-bond acceptors (Lipinski definition) is 35. The predicted molar refractivity (Wildman–Crippen MR) is 290 cm³/mol. The number of aliphatic hydroxyl groups excluding tert-OH is 13. The van der Waals surface area contributed by atoms with E-state index >= 15 is 0 Å². The Labute approximate surface area is 532 Å². The van der Waals surface area contributed by atoms with Crippen molar-refractivity contribution in [2.75, 3.05) is 140 Å². The maximum atomic E-state index is 11.9. The van der Waals surface area contributed by atoms with Gasteiger partial charge in [0.1, 0.15) is 92.1 Å². The Kier molecular flexibility index (Phi) is 19.4. The third kappa shape index (κ3) is 10.8. The van der Waals surface area contributed by atoms with Crippen LogP contribution in [0.1, 0.15) is 13.3 Å². The molecule has 20 saturated heterocycles. The van der Waals surface area contributed by atoms with E-state index in [-0.39, 0.29) is 85.2 Å². The number of aliphatic hydroxyl groups is 13. The third-order valence-electron chi connectivity index (χ3n) is 22.2. The first-order chi connectivity index (χ1) is 44.8. The lowest BCUT2D eigenvalue weighted by molar-refractivity contribution is -0.514. The van der Waals surface area contributed by atoms with Gasteiger partial charge in [-0.25, -0.2) is 0 Å². The molecular formula is C58H90O35. The molecule has 35 nitrogen and oxygen atoms in total. The van der Waals surface area contributed by atoms with Crippen LogP contribution in [-0.4, -0.2) is 375 Å². The number of hydrogen-bond donors (Lipinski definition) is 13. The summed E-state index contributed by atoms with van der Waals surface area (Å²) in [5.41, 5.74) is 0. The Morgan fingerprint density at radius 3 is 0.806 bits per heavy atom. The molecule has 0 aliphatic carbocycles. The molecule has 35 heteroatoms. The van der Waals surface area contributed by atoms with E-state index in [1.54, 1.807) is 0 Å². The first-order valence-electron chi connectivity index (χ1n) is 32.2. The predicted octanol–water partition coefficient (Wildman–Crippen LogP) is -9.00. The molecule has 0 amide bonds. The van der Waals surface area contributed by atoms with Crippen molar-refractivity contribution in [1.82, 2.24) is 0 Å². The first kappa shape index (κ1) is 68.7. The summed E-state index contributed by atoms with van der Waals surface area (Å²) in [5.74, 6) is -14.7. The second-order valence-corrected chi connectivity index (χ2v) is 27.1. The molecule has 0 aromatic carbocycles. The highest BCUT2D eigenvalue weighted by atomic mass is 16.8. The summed E-state index contributed by atoms with van der Waals surface area (Å²) in [6.07, 6.45) is -20.5. The van der Waals surface area contributed by atoms with Gasteiger partial charge in [0.05, 0.1) is 191 Å². The monoisotopic (exact) mass is 1350 g/mol. The molecule has 0 aromatic rings. The maximum absolute atomic E-state index is 11.9. The molecule has 0 radical (unpaired) electrons. The van der Waals surface area contributed by atoms with E-state index in [2.05, 4.69) is 0 Å². The lowest BCUT2D eigenvalue weighted by Gasteiger charge is -2.63. The average molecular weight is 1350 g/mol. The molecule has 20 heterocycles. The molecular weight excluding hydrogens is 1260 g/mol. The molecule has 14 bridgehead atoms. The Hall–Kier alpha value is -1.40. The Bertz CT molecular complexity index is 2570. The molecule has 532 valence electrons. The molecule has 13 N–H and O–H groups in total.